The van der Waals surface area contributed by atoms with Crippen LogP contribution in [0.4, 0.5) is 0 Å². The minimum atomic E-state index is 0. The smallest absolute Gasteiger partial charge is 0.196 e. The largest absolute Gasteiger partial charge is 2.00 e. The van der Waals surface area contributed by atoms with Gasteiger partial charge in [-0.15, -0.1) is 0 Å². The first-order valence-electron chi connectivity index (χ1n) is 6.65. The maximum atomic E-state index is 2.24. The zero-order chi connectivity index (χ0) is 14.0. The Bertz CT molecular complexity index is 443. The van der Waals surface area contributed by atoms with Crippen molar-refractivity contribution in [2.45, 2.75) is 55.4 Å². The fourth-order valence-corrected chi connectivity index (χ4v) is 2.27. The van der Waals surface area contributed by atoms with Crippen LogP contribution in [0, 0.1) is 55.4 Å². The molecule has 2 aromatic carbocycles. The van der Waals surface area contributed by atoms with Crippen LogP contribution in [0.5, 0.6) is 0 Å². The van der Waals surface area contributed by atoms with E-state index in [1.807, 2.05) is 0 Å². The molecule has 0 aliphatic carbocycles. The molecule has 0 spiro atoms. The SMILES string of the molecule is Cc1[cH-]c(C)c(C)c1C.Cc1[cH-]c(C)c(C)c1C.[Os+2]. The standard InChI is InChI=1S/2C9H13.Os/c2*1-6-5-7(2)9(4)8(6)3;/h2*5H,1-4H3;/q2*-1;+2. The van der Waals surface area contributed by atoms with Gasteiger partial charge in [0.05, 0.1) is 0 Å². The van der Waals surface area contributed by atoms with Crippen molar-refractivity contribution in [2.24, 2.45) is 0 Å². The average molecular weight is 433 g/mol. The van der Waals surface area contributed by atoms with Crippen LogP contribution in [0.2, 0.25) is 0 Å². The van der Waals surface area contributed by atoms with Gasteiger partial charge in [0.1, 0.15) is 0 Å². The van der Waals surface area contributed by atoms with Gasteiger partial charge < -0.3 is 0 Å². The van der Waals surface area contributed by atoms with E-state index >= 15 is 0 Å². The molecule has 0 saturated heterocycles. The molecule has 0 bridgehead atoms. The zero-order valence-corrected chi connectivity index (χ0v) is 16.0. The van der Waals surface area contributed by atoms with E-state index in [9.17, 15) is 0 Å². The number of hydrogen-bond donors (Lipinski definition) is 0. The summed E-state index contributed by atoms with van der Waals surface area (Å²) < 4.78 is 0. The fraction of sp³-hybridized carbons (Fsp3) is 0.444. The van der Waals surface area contributed by atoms with Crippen molar-refractivity contribution in [3.63, 3.8) is 0 Å². The summed E-state index contributed by atoms with van der Waals surface area (Å²) in [6.45, 7) is 17.4. The Labute approximate surface area is 132 Å². The summed E-state index contributed by atoms with van der Waals surface area (Å²) in [4.78, 5) is 0. The molecule has 0 radical (unpaired) electrons. The molecule has 0 aliphatic rings. The summed E-state index contributed by atoms with van der Waals surface area (Å²) in [5.41, 5.74) is 11.5. The van der Waals surface area contributed by atoms with Crippen LogP contribution in [-0.4, -0.2) is 0 Å². The van der Waals surface area contributed by atoms with Crippen molar-refractivity contribution in [1.82, 2.24) is 0 Å². The Morgan fingerprint density at radius 1 is 0.421 bits per heavy atom. The third-order valence-corrected chi connectivity index (χ3v) is 4.36. The normalized spacial score (nSPS) is 9.68. The molecule has 0 N–H and O–H groups in total. The molecule has 0 unspecified atom stereocenters. The third kappa shape index (κ3) is 4.15. The monoisotopic (exact) mass is 434 g/mol. The van der Waals surface area contributed by atoms with Crippen LogP contribution in [0.15, 0.2) is 12.1 Å². The minimum Gasteiger partial charge on any atom is -0.196 e. The minimum absolute atomic E-state index is 0. The second-order valence-corrected chi connectivity index (χ2v) is 5.52. The van der Waals surface area contributed by atoms with E-state index in [1.54, 1.807) is 0 Å². The Hall–Kier alpha value is -0.664. The number of aryl methyl sites for hydroxylation is 4. The van der Waals surface area contributed by atoms with Gasteiger partial charge >= 0.3 is 19.8 Å². The van der Waals surface area contributed by atoms with Crippen molar-refractivity contribution >= 4 is 0 Å². The maximum absolute atomic E-state index is 2.24. The molecule has 0 amide bonds. The van der Waals surface area contributed by atoms with Crippen molar-refractivity contribution in [3.05, 3.63) is 56.6 Å². The molecule has 2 aromatic rings. The molecule has 0 fully saturated rings. The first-order chi connectivity index (χ1) is 8.25. The molecule has 1 heteroatoms. The quantitative estimate of drug-likeness (QED) is 0.497. The van der Waals surface area contributed by atoms with E-state index in [4.69, 9.17) is 0 Å². The van der Waals surface area contributed by atoms with Gasteiger partial charge in [0.25, 0.3) is 0 Å². The summed E-state index contributed by atoms with van der Waals surface area (Å²) in [6.07, 6.45) is 0. The molecule has 0 saturated carbocycles. The van der Waals surface area contributed by atoms with Gasteiger partial charge in [0.15, 0.2) is 0 Å². The maximum Gasteiger partial charge on any atom is 2.00 e. The summed E-state index contributed by atoms with van der Waals surface area (Å²) in [5.74, 6) is 0. The first kappa shape index (κ1) is 18.3. The van der Waals surface area contributed by atoms with Crippen molar-refractivity contribution in [3.8, 4) is 0 Å². The van der Waals surface area contributed by atoms with Crippen molar-refractivity contribution in [1.29, 1.82) is 0 Å². The zero-order valence-electron chi connectivity index (χ0n) is 13.5. The predicted molar refractivity (Wildman–Crippen MR) is 82.0 cm³/mol. The average Bonchev–Trinajstić information content (AvgIpc) is 2.66. The molecule has 0 aromatic heterocycles. The summed E-state index contributed by atoms with van der Waals surface area (Å²) in [5, 5.41) is 0. The molecule has 0 aliphatic heterocycles. The van der Waals surface area contributed by atoms with E-state index < -0.39 is 0 Å². The van der Waals surface area contributed by atoms with Crippen LogP contribution in [0.25, 0.3) is 0 Å². The Morgan fingerprint density at radius 3 is 0.632 bits per heavy atom. The van der Waals surface area contributed by atoms with Gasteiger partial charge in [-0.2, -0.15) is 56.6 Å². The molecule has 19 heavy (non-hydrogen) atoms. The molecule has 2 rings (SSSR count). The summed E-state index contributed by atoms with van der Waals surface area (Å²) >= 11 is 0. The van der Waals surface area contributed by atoms with Gasteiger partial charge in [0, 0.05) is 0 Å². The molecule has 0 atom stereocenters. The van der Waals surface area contributed by atoms with Crippen molar-refractivity contribution < 1.29 is 19.8 Å². The number of rotatable bonds is 0. The fourth-order valence-electron chi connectivity index (χ4n) is 2.27. The van der Waals surface area contributed by atoms with Gasteiger partial charge in [-0.3, -0.25) is 0 Å². The van der Waals surface area contributed by atoms with Gasteiger partial charge in [-0.05, 0) is 0 Å². The van der Waals surface area contributed by atoms with Crippen LogP contribution >= 0.6 is 0 Å². The van der Waals surface area contributed by atoms with E-state index in [2.05, 4.69) is 67.5 Å². The van der Waals surface area contributed by atoms with Crippen LogP contribution < -0.4 is 0 Å². The van der Waals surface area contributed by atoms with Gasteiger partial charge in [-0.25, -0.2) is 0 Å². The van der Waals surface area contributed by atoms with E-state index in [1.165, 1.54) is 44.5 Å². The predicted octanol–water partition coefficient (Wildman–Crippen LogP) is 5.28. The van der Waals surface area contributed by atoms with Crippen LogP contribution in [0.3, 0.4) is 0 Å². The molecular formula is C18H26Os. The second-order valence-electron chi connectivity index (χ2n) is 5.52. The summed E-state index contributed by atoms with van der Waals surface area (Å²) in [7, 11) is 0. The number of hydrogen-bond acceptors (Lipinski definition) is 0. The molecular weight excluding hydrogens is 406 g/mol. The first-order valence-corrected chi connectivity index (χ1v) is 6.65. The van der Waals surface area contributed by atoms with Crippen LogP contribution in [-0.2, 0) is 19.8 Å². The summed E-state index contributed by atoms with van der Waals surface area (Å²) in [6, 6.07) is 4.48. The molecule has 0 nitrogen and oxygen atoms in total. The second kappa shape index (κ2) is 7.21. The Kier molecular flexibility index (Phi) is 6.96. The van der Waals surface area contributed by atoms with E-state index in [0.29, 0.717) is 0 Å². The third-order valence-electron chi connectivity index (χ3n) is 4.36. The Morgan fingerprint density at radius 2 is 0.579 bits per heavy atom. The molecule has 106 valence electrons. The molecule has 0 heterocycles. The van der Waals surface area contributed by atoms with E-state index in [0.717, 1.165) is 0 Å². The van der Waals surface area contributed by atoms with Gasteiger partial charge in [0.2, 0.25) is 0 Å². The van der Waals surface area contributed by atoms with Gasteiger partial charge in [-0.1, -0.05) is 55.4 Å². The van der Waals surface area contributed by atoms with Crippen molar-refractivity contribution in [2.75, 3.05) is 0 Å². The van der Waals surface area contributed by atoms with E-state index in [-0.39, 0.29) is 19.8 Å². The van der Waals surface area contributed by atoms with Crippen LogP contribution in [0.1, 0.15) is 44.5 Å². The topological polar surface area (TPSA) is 0 Å². The Balaban J connectivity index is 0.000000324.